The molecule has 0 radical (unpaired) electrons. The van der Waals surface area contributed by atoms with Crippen molar-refractivity contribution >= 4 is 29.0 Å². The highest BCUT2D eigenvalue weighted by molar-refractivity contribution is 7.13. The molecule has 108 valence electrons. The number of carbonyl (C=O) groups excluding carboxylic acids is 1. The normalized spacial score (nSPS) is 12.5. The first kappa shape index (κ1) is 13.7. The van der Waals surface area contributed by atoms with Crippen LogP contribution < -0.4 is 11.1 Å². The second-order valence-corrected chi connectivity index (χ2v) is 5.41. The van der Waals surface area contributed by atoms with Crippen molar-refractivity contribution in [1.82, 2.24) is 19.6 Å². The molecular weight excluding hydrogens is 288 g/mol. The van der Waals surface area contributed by atoms with Crippen LogP contribution in [0, 0.1) is 0 Å². The highest BCUT2D eigenvalue weighted by atomic mass is 32.1. The van der Waals surface area contributed by atoms with Crippen molar-refractivity contribution < 1.29 is 4.79 Å². The molecule has 0 aliphatic carbocycles. The van der Waals surface area contributed by atoms with Crippen LogP contribution in [0.15, 0.2) is 29.8 Å². The topological polar surface area (TPSA) is 98.2 Å². The van der Waals surface area contributed by atoms with Gasteiger partial charge in [-0.05, 0) is 23.9 Å². The van der Waals surface area contributed by atoms with Gasteiger partial charge in [0.1, 0.15) is 0 Å². The first-order valence-electron chi connectivity index (χ1n) is 6.51. The van der Waals surface area contributed by atoms with Gasteiger partial charge < -0.3 is 5.73 Å². The fourth-order valence-corrected chi connectivity index (χ4v) is 2.58. The number of nitrogens with two attached hydrogens (primary N) is 1. The molecule has 21 heavy (non-hydrogen) atoms. The van der Waals surface area contributed by atoms with Gasteiger partial charge in [0.25, 0.3) is 11.7 Å². The summed E-state index contributed by atoms with van der Waals surface area (Å²) in [6.07, 6.45) is 2.22. The number of hydrogen-bond acceptors (Lipinski definition) is 6. The minimum absolute atomic E-state index is 0.209. The van der Waals surface area contributed by atoms with Crippen LogP contribution in [0.25, 0.3) is 16.3 Å². The average molecular weight is 302 g/mol. The van der Waals surface area contributed by atoms with E-state index in [0.717, 1.165) is 10.6 Å². The van der Waals surface area contributed by atoms with E-state index < -0.39 is 6.04 Å². The molecule has 0 saturated heterocycles. The molecule has 3 heterocycles. The lowest BCUT2D eigenvalue weighted by Gasteiger charge is -2.06. The third-order valence-corrected chi connectivity index (χ3v) is 3.92. The van der Waals surface area contributed by atoms with Gasteiger partial charge in [0.05, 0.1) is 16.6 Å². The van der Waals surface area contributed by atoms with E-state index in [2.05, 4.69) is 20.4 Å². The lowest BCUT2D eigenvalue weighted by Crippen LogP contribution is -2.35. The van der Waals surface area contributed by atoms with Crippen molar-refractivity contribution in [3.8, 4) is 10.6 Å². The van der Waals surface area contributed by atoms with E-state index in [0.29, 0.717) is 12.2 Å². The zero-order valence-corrected chi connectivity index (χ0v) is 12.2. The van der Waals surface area contributed by atoms with E-state index in [1.807, 2.05) is 30.5 Å². The Hall–Kier alpha value is -2.32. The summed E-state index contributed by atoms with van der Waals surface area (Å²) in [5, 5.41) is 8.89. The Labute approximate surface area is 124 Å². The molecule has 0 saturated carbocycles. The fourth-order valence-electron chi connectivity index (χ4n) is 1.85. The number of anilines is 1. The summed E-state index contributed by atoms with van der Waals surface area (Å²) in [5.41, 5.74) is 6.55. The summed E-state index contributed by atoms with van der Waals surface area (Å²) < 4.78 is 1.61. The number of amides is 1. The van der Waals surface area contributed by atoms with E-state index in [1.54, 1.807) is 22.0 Å². The molecule has 0 aromatic carbocycles. The maximum absolute atomic E-state index is 11.8. The van der Waals surface area contributed by atoms with E-state index in [1.165, 1.54) is 0 Å². The molecule has 3 aromatic heterocycles. The van der Waals surface area contributed by atoms with Gasteiger partial charge in [0.15, 0.2) is 0 Å². The van der Waals surface area contributed by atoms with Crippen LogP contribution in [0.1, 0.15) is 13.3 Å². The van der Waals surface area contributed by atoms with Gasteiger partial charge in [0, 0.05) is 6.20 Å². The third kappa shape index (κ3) is 2.63. The quantitative estimate of drug-likeness (QED) is 0.761. The van der Waals surface area contributed by atoms with Crippen LogP contribution >= 0.6 is 11.3 Å². The van der Waals surface area contributed by atoms with Crippen molar-refractivity contribution in [2.24, 2.45) is 5.73 Å². The highest BCUT2D eigenvalue weighted by Gasteiger charge is 2.15. The summed E-state index contributed by atoms with van der Waals surface area (Å²) in [6.45, 7) is 1.85. The molecule has 0 aliphatic rings. The van der Waals surface area contributed by atoms with Gasteiger partial charge in [-0.15, -0.1) is 16.4 Å². The number of rotatable bonds is 4. The zero-order valence-electron chi connectivity index (χ0n) is 11.4. The molecule has 1 amide bonds. The number of nitrogens with zero attached hydrogens (tertiary/aromatic N) is 4. The Morgan fingerprint density at radius 2 is 2.38 bits per heavy atom. The van der Waals surface area contributed by atoms with Crippen LogP contribution in [0.5, 0.6) is 0 Å². The van der Waals surface area contributed by atoms with Crippen molar-refractivity contribution in [2.45, 2.75) is 19.4 Å². The minimum Gasteiger partial charge on any atom is -0.320 e. The van der Waals surface area contributed by atoms with Crippen molar-refractivity contribution in [3.05, 3.63) is 29.8 Å². The summed E-state index contributed by atoms with van der Waals surface area (Å²) in [4.78, 5) is 21.2. The number of hydrogen-bond donors (Lipinski definition) is 2. The standard InChI is InChI=1S/C13H14N6OS/c1-2-8(14)11(20)16-12-17-13-15-6-5-9(19(13)18-12)10-4-3-7-21-10/h3-8H,2,14H2,1H3,(H,16,18,20)/t8-/m0/s1. The van der Waals surface area contributed by atoms with Crippen LogP contribution in [0.4, 0.5) is 5.95 Å². The van der Waals surface area contributed by atoms with E-state index >= 15 is 0 Å². The van der Waals surface area contributed by atoms with Crippen LogP contribution in [0.2, 0.25) is 0 Å². The van der Waals surface area contributed by atoms with Crippen LogP contribution in [0.3, 0.4) is 0 Å². The largest absolute Gasteiger partial charge is 0.320 e. The molecule has 8 heteroatoms. The van der Waals surface area contributed by atoms with Gasteiger partial charge in [-0.3, -0.25) is 10.1 Å². The minimum atomic E-state index is -0.568. The molecule has 0 fully saturated rings. The number of thiophene rings is 1. The fraction of sp³-hybridized carbons (Fsp3) is 0.231. The Balaban J connectivity index is 1.97. The van der Waals surface area contributed by atoms with Crippen LogP contribution in [-0.4, -0.2) is 31.5 Å². The molecule has 7 nitrogen and oxygen atoms in total. The maximum Gasteiger partial charge on any atom is 0.254 e. The SMILES string of the molecule is CC[C@H](N)C(=O)Nc1nc2nccc(-c3cccs3)n2n1. The predicted molar refractivity (Wildman–Crippen MR) is 81.0 cm³/mol. The van der Waals surface area contributed by atoms with Gasteiger partial charge >= 0.3 is 0 Å². The van der Waals surface area contributed by atoms with E-state index in [9.17, 15) is 4.79 Å². The lowest BCUT2D eigenvalue weighted by atomic mass is 10.2. The summed E-state index contributed by atoms with van der Waals surface area (Å²) in [6, 6.07) is 5.25. The van der Waals surface area contributed by atoms with Gasteiger partial charge in [0.2, 0.25) is 5.91 Å². The van der Waals surface area contributed by atoms with Gasteiger partial charge in [-0.1, -0.05) is 13.0 Å². The molecule has 3 aromatic rings. The summed E-state index contributed by atoms with van der Waals surface area (Å²) in [5.74, 6) is 0.341. The molecular formula is C13H14N6OS. The number of carbonyl (C=O) groups is 1. The Kier molecular flexibility index (Phi) is 3.63. The molecule has 0 bridgehead atoms. The number of aromatic nitrogens is 4. The second-order valence-electron chi connectivity index (χ2n) is 4.46. The van der Waals surface area contributed by atoms with Crippen molar-refractivity contribution in [3.63, 3.8) is 0 Å². The monoisotopic (exact) mass is 302 g/mol. The maximum atomic E-state index is 11.8. The van der Waals surface area contributed by atoms with E-state index in [4.69, 9.17) is 5.73 Å². The Morgan fingerprint density at radius 1 is 1.52 bits per heavy atom. The van der Waals surface area contributed by atoms with Gasteiger partial charge in [-0.2, -0.15) is 9.50 Å². The van der Waals surface area contributed by atoms with Crippen molar-refractivity contribution in [1.29, 1.82) is 0 Å². The molecule has 0 spiro atoms. The van der Waals surface area contributed by atoms with Gasteiger partial charge in [-0.25, -0.2) is 4.98 Å². The second kappa shape index (κ2) is 5.58. The first-order chi connectivity index (χ1) is 10.2. The molecule has 0 unspecified atom stereocenters. The zero-order chi connectivity index (χ0) is 14.8. The molecule has 3 rings (SSSR count). The Morgan fingerprint density at radius 3 is 3.10 bits per heavy atom. The average Bonchev–Trinajstić information content (AvgIpc) is 3.14. The predicted octanol–water partition coefficient (Wildman–Crippen LogP) is 1.53. The summed E-state index contributed by atoms with van der Waals surface area (Å²) in [7, 11) is 0. The van der Waals surface area contributed by atoms with Crippen LogP contribution in [-0.2, 0) is 4.79 Å². The Bertz CT molecular complexity index is 766. The number of nitrogens with one attached hydrogen (secondary N) is 1. The summed E-state index contributed by atoms with van der Waals surface area (Å²) >= 11 is 1.60. The third-order valence-electron chi connectivity index (χ3n) is 3.03. The molecule has 0 aliphatic heterocycles. The first-order valence-corrected chi connectivity index (χ1v) is 7.39. The number of fused-ring (bicyclic) bond motifs is 1. The van der Waals surface area contributed by atoms with Crippen molar-refractivity contribution in [2.75, 3.05) is 5.32 Å². The highest BCUT2D eigenvalue weighted by Crippen LogP contribution is 2.24. The molecule has 1 atom stereocenters. The smallest absolute Gasteiger partial charge is 0.254 e. The molecule has 3 N–H and O–H groups in total. The van der Waals surface area contributed by atoms with E-state index in [-0.39, 0.29) is 11.9 Å². The lowest BCUT2D eigenvalue weighted by molar-refractivity contribution is -0.117.